The van der Waals surface area contributed by atoms with Crippen molar-refractivity contribution in [1.29, 1.82) is 0 Å². The average Bonchev–Trinajstić information content (AvgIpc) is 3.17. The van der Waals surface area contributed by atoms with Gasteiger partial charge in [-0.1, -0.05) is 30.0 Å². The fourth-order valence-corrected chi connectivity index (χ4v) is 3.83. The summed E-state index contributed by atoms with van der Waals surface area (Å²) in [6.45, 7) is 0.694. The molecule has 11 heteroatoms. The van der Waals surface area contributed by atoms with Crippen LogP contribution in [0.25, 0.3) is 0 Å². The fraction of sp³-hybridized carbons (Fsp3) is 0.318. The number of amides is 1. The van der Waals surface area contributed by atoms with Gasteiger partial charge in [0.1, 0.15) is 12.4 Å². The van der Waals surface area contributed by atoms with E-state index in [1.807, 2.05) is 18.2 Å². The van der Waals surface area contributed by atoms with Gasteiger partial charge in [0.2, 0.25) is 5.91 Å². The predicted molar refractivity (Wildman–Crippen MR) is 120 cm³/mol. The van der Waals surface area contributed by atoms with E-state index in [4.69, 9.17) is 9.47 Å². The lowest BCUT2D eigenvalue weighted by atomic mass is 10.3. The minimum atomic E-state index is -0.680. The molecule has 3 rings (SSSR count). The maximum absolute atomic E-state index is 12.3. The third-order valence-electron chi connectivity index (χ3n) is 4.50. The third kappa shape index (κ3) is 6.94. The number of aromatic nitrogens is 2. The van der Waals surface area contributed by atoms with E-state index in [-0.39, 0.29) is 49.2 Å². The molecule has 0 saturated carbocycles. The van der Waals surface area contributed by atoms with Gasteiger partial charge in [-0.15, -0.1) is 0 Å². The van der Waals surface area contributed by atoms with Gasteiger partial charge in [0.05, 0.1) is 37.1 Å². The molecule has 0 atom stereocenters. The van der Waals surface area contributed by atoms with Gasteiger partial charge in [0, 0.05) is 12.6 Å². The van der Waals surface area contributed by atoms with Crippen molar-refractivity contribution in [3.8, 4) is 5.75 Å². The summed E-state index contributed by atoms with van der Waals surface area (Å²) in [5, 5.41) is 4.55. The Morgan fingerprint density at radius 3 is 2.64 bits per heavy atom. The monoisotopic (exact) mass is 473 g/mol. The zero-order valence-electron chi connectivity index (χ0n) is 18.0. The van der Waals surface area contributed by atoms with Crippen LogP contribution < -0.4 is 10.3 Å². The van der Waals surface area contributed by atoms with Gasteiger partial charge >= 0.3 is 11.9 Å². The first-order chi connectivity index (χ1) is 16.0. The highest BCUT2D eigenvalue weighted by atomic mass is 32.2. The lowest BCUT2D eigenvalue weighted by Crippen LogP contribution is -2.28. The number of nitrogens with zero attached hydrogens (tertiary/aromatic N) is 3. The minimum absolute atomic E-state index is 0.00612. The number of esters is 2. The molecule has 1 amide bonds. The lowest BCUT2D eigenvalue weighted by Gasteiger charge is -2.16. The van der Waals surface area contributed by atoms with Crippen molar-refractivity contribution in [2.45, 2.75) is 13.0 Å². The number of rotatable bonds is 10. The molecule has 174 valence electrons. The molecule has 1 aliphatic rings. The molecule has 0 bridgehead atoms. The van der Waals surface area contributed by atoms with Crippen LogP contribution in [0.4, 0.5) is 0 Å². The van der Waals surface area contributed by atoms with Gasteiger partial charge in [-0.2, -0.15) is 5.10 Å². The molecule has 0 spiro atoms. The van der Waals surface area contributed by atoms with Crippen LogP contribution in [0.15, 0.2) is 58.4 Å². The first kappa shape index (κ1) is 24.1. The summed E-state index contributed by atoms with van der Waals surface area (Å²) in [6.07, 6.45) is 1.62. The van der Waals surface area contributed by atoms with E-state index in [9.17, 15) is 19.2 Å². The number of carbonyl (C=O) groups excluding carboxylic acids is 3. The van der Waals surface area contributed by atoms with Crippen molar-refractivity contribution in [1.82, 2.24) is 14.7 Å². The Kier molecular flexibility index (Phi) is 8.64. The van der Waals surface area contributed by atoms with Gasteiger partial charge in [-0.05, 0) is 24.6 Å². The summed E-state index contributed by atoms with van der Waals surface area (Å²) in [5.41, 5.74) is -0.369. The van der Waals surface area contributed by atoms with Crippen LogP contribution in [0.3, 0.4) is 0 Å². The highest BCUT2D eigenvalue weighted by Crippen LogP contribution is 2.28. The van der Waals surface area contributed by atoms with Crippen molar-refractivity contribution in [2.24, 2.45) is 0 Å². The fourth-order valence-electron chi connectivity index (χ4n) is 2.87. The van der Waals surface area contributed by atoms with Gasteiger partial charge in [-0.25, -0.2) is 14.3 Å². The Balaban J connectivity index is 1.48. The molecular formula is C22H23N3O7S. The molecule has 0 aliphatic carbocycles. The van der Waals surface area contributed by atoms with E-state index < -0.39 is 11.9 Å². The second-order valence-corrected chi connectivity index (χ2v) is 7.77. The Morgan fingerprint density at radius 2 is 1.88 bits per heavy atom. The molecule has 2 aromatic rings. The Labute approximate surface area is 194 Å². The second-order valence-electron chi connectivity index (χ2n) is 6.77. The van der Waals surface area contributed by atoms with Crippen LogP contribution >= 0.6 is 11.8 Å². The highest BCUT2D eigenvalue weighted by Gasteiger charge is 2.27. The van der Waals surface area contributed by atoms with Gasteiger partial charge in [0.25, 0.3) is 5.56 Å². The number of hydrogen-bond acceptors (Lipinski definition) is 9. The summed E-state index contributed by atoms with van der Waals surface area (Å²) in [6, 6.07) is 11.7. The lowest BCUT2D eigenvalue weighted by molar-refractivity contribution is -0.134. The zero-order valence-corrected chi connectivity index (χ0v) is 18.8. The Morgan fingerprint density at radius 1 is 1.09 bits per heavy atom. The van der Waals surface area contributed by atoms with E-state index in [1.54, 1.807) is 12.1 Å². The van der Waals surface area contributed by atoms with E-state index in [2.05, 4.69) is 9.84 Å². The standard InChI is InChI=1S/C22H23N3O7S/c1-30-21(28)14-20-24(19(27)15-33-20)10-5-12-32-22(29)17-8-9-18(26)25(23-17)11-13-31-16-6-3-2-4-7-16/h2-4,6-9,14H,5,10-13,15H2,1H3/b20-14+. The van der Waals surface area contributed by atoms with E-state index in [1.165, 1.54) is 42.0 Å². The van der Waals surface area contributed by atoms with E-state index >= 15 is 0 Å². The van der Waals surface area contributed by atoms with Crippen LogP contribution in [-0.4, -0.2) is 65.1 Å². The summed E-state index contributed by atoms with van der Waals surface area (Å²) in [7, 11) is 1.26. The van der Waals surface area contributed by atoms with Crippen molar-refractivity contribution in [3.05, 3.63) is 69.6 Å². The van der Waals surface area contributed by atoms with Gasteiger partial charge in [0.15, 0.2) is 5.69 Å². The van der Waals surface area contributed by atoms with E-state index in [0.717, 1.165) is 4.68 Å². The Bertz CT molecular complexity index is 1080. The third-order valence-corrected chi connectivity index (χ3v) is 5.53. The summed E-state index contributed by atoms with van der Waals surface area (Å²) in [4.78, 5) is 49.2. The molecule has 1 aliphatic heterocycles. The van der Waals surface area contributed by atoms with Crippen LogP contribution in [0.2, 0.25) is 0 Å². The van der Waals surface area contributed by atoms with Gasteiger partial charge < -0.3 is 19.1 Å². The second kappa shape index (κ2) is 11.9. The average molecular weight is 474 g/mol. The van der Waals surface area contributed by atoms with Crippen molar-refractivity contribution < 1.29 is 28.6 Å². The predicted octanol–water partition coefficient (Wildman–Crippen LogP) is 1.46. The van der Waals surface area contributed by atoms with Gasteiger partial charge in [-0.3, -0.25) is 9.59 Å². The molecule has 33 heavy (non-hydrogen) atoms. The number of para-hydroxylation sites is 1. The molecule has 2 heterocycles. The van der Waals surface area contributed by atoms with Crippen LogP contribution in [0.5, 0.6) is 5.75 Å². The minimum Gasteiger partial charge on any atom is -0.492 e. The summed E-state index contributed by atoms with van der Waals surface area (Å²) in [5.74, 6) is -0.449. The number of thioether (sulfide) groups is 1. The molecule has 1 fully saturated rings. The Hall–Kier alpha value is -3.60. The van der Waals surface area contributed by atoms with Crippen molar-refractivity contribution in [3.63, 3.8) is 0 Å². The molecule has 0 unspecified atom stereocenters. The molecule has 0 N–H and O–H groups in total. The normalized spacial score (nSPS) is 14.4. The number of carbonyl (C=O) groups is 3. The van der Waals surface area contributed by atoms with Crippen LogP contribution in [0, 0.1) is 0 Å². The smallest absolute Gasteiger partial charge is 0.358 e. The quantitative estimate of drug-likeness (QED) is 0.287. The topological polar surface area (TPSA) is 117 Å². The molecule has 10 nitrogen and oxygen atoms in total. The number of hydrogen-bond donors (Lipinski definition) is 0. The summed E-state index contributed by atoms with van der Waals surface area (Å²) >= 11 is 1.25. The molecule has 0 radical (unpaired) electrons. The van der Waals surface area contributed by atoms with E-state index in [0.29, 0.717) is 17.2 Å². The number of benzene rings is 1. The van der Waals surface area contributed by atoms with Crippen LogP contribution in [-0.2, 0) is 25.6 Å². The summed E-state index contributed by atoms with van der Waals surface area (Å²) < 4.78 is 16.5. The largest absolute Gasteiger partial charge is 0.492 e. The maximum atomic E-state index is 12.3. The van der Waals surface area contributed by atoms with Crippen molar-refractivity contribution in [2.75, 3.05) is 32.6 Å². The number of ether oxygens (including phenoxy) is 3. The van der Waals surface area contributed by atoms with Crippen molar-refractivity contribution >= 4 is 29.6 Å². The molecule has 1 aromatic heterocycles. The number of methoxy groups -OCH3 is 1. The molecule has 1 saturated heterocycles. The first-order valence-electron chi connectivity index (χ1n) is 10.1. The zero-order chi connectivity index (χ0) is 23.6. The SMILES string of the molecule is COC(=O)/C=C1/SCC(=O)N1CCCOC(=O)c1ccc(=O)n(CCOc2ccccc2)n1. The maximum Gasteiger partial charge on any atom is 0.358 e. The first-order valence-corrected chi connectivity index (χ1v) is 11.1. The highest BCUT2D eigenvalue weighted by molar-refractivity contribution is 8.04. The molecular weight excluding hydrogens is 450 g/mol. The molecule has 1 aromatic carbocycles. The van der Waals surface area contributed by atoms with Crippen LogP contribution in [0.1, 0.15) is 16.9 Å².